The van der Waals surface area contributed by atoms with E-state index in [4.69, 9.17) is 0 Å². The normalized spacial score (nSPS) is 23.4. The average Bonchev–Trinajstić information content (AvgIpc) is 2.63. The molecule has 1 fully saturated rings. The molecule has 0 saturated heterocycles. The van der Waals surface area contributed by atoms with Crippen LogP contribution < -0.4 is 5.32 Å². The fourth-order valence-electron chi connectivity index (χ4n) is 2.48. The minimum Gasteiger partial charge on any atom is -0.302 e. The Morgan fingerprint density at radius 2 is 2.35 bits per heavy atom. The molecular formula is C12H17BrN2OS. The van der Waals surface area contributed by atoms with Crippen LogP contribution in [0.3, 0.4) is 0 Å². The summed E-state index contributed by atoms with van der Waals surface area (Å²) in [6, 6.07) is 0. The maximum atomic E-state index is 12.2. The van der Waals surface area contributed by atoms with E-state index in [1.807, 2.05) is 0 Å². The molecule has 0 aliphatic heterocycles. The largest absolute Gasteiger partial charge is 0.302 e. The first kappa shape index (κ1) is 13.0. The Morgan fingerprint density at radius 1 is 1.59 bits per heavy atom. The summed E-state index contributed by atoms with van der Waals surface area (Å²) >= 11 is 4.80. The van der Waals surface area contributed by atoms with Crippen molar-refractivity contribution in [3.05, 3.63) is 9.98 Å². The van der Waals surface area contributed by atoms with Crippen LogP contribution >= 0.6 is 27.3 Å². The molecule has 1 saturated carbocycles. The third-order valence-electron chi connectivity index (χ3n) is 3.53. The molecule has 0 bridgehead atoms. The fraction of sp³-hybridized carbons (Fsp3) is 0.667. The van der Waals surface area contributed by atoms with Crippen LogP contribution in [0.4, 0.5) is 5.13 Å². The first-order valence-electron chi connectivity index (χ1n) is 5.91. The van der Waals surface area contributed by atoms with E-state index in [1.165, 1.54) is 17.8 Å². The molecule has 2 rings (SSSR count). The lowest BCUT2D eigenvalue weighted by Crippen LogP contribution is -2.37. The van der Waals surface area contributed by atoms with Crippen molar-refractivity contribution in [2.24, 2.45) is 11.3 Å². The molecule has 3 nitrogen and oxygen atoms in total. The monoisotopic (exact) mass is 316 g/mol. The Labute approximate surface area is 114 Å². The maximum Gasteiger partial charge on any atom is 0.229 e. The number of hydrogen-bond donors (Lipinski definition) is 1. The van der Waals surface area contributed by atoms with Gasteiger partial charge in [0.1, 0.15) is 0 Å². The Hall–Kier alpha value is -0.420. The third-order valence-corrected chi connectivity index (χ3v) is 4.92. The molecule has 0 spiro atoms. The highest BCUT2D eigenvalue weighted by Gasteiger charge is 2.37. The number of aromatic nitrogens is 1. The van der Waals surface area contributed by atoms with E-state index < -0.39 is 0 Å². The van der Waals surface area contributed by atoms with Gasteiger partial charge in [0.25, 0.3) is 0 Å². The van der Waals surface area contributed by atoms with Crippen LogP contribution in [0, 0.1) is 11.3 Å². The van der Waals surface area contributed by atoms with Gasteiger partial charge in [-0.1, -0.05) is 38.0 Å². The van der Waals surface area contributed by atoms with Crippen molar-refractivity contribution < 1.29 is 4.79 Å². The summed E-state index contributed by atoms with van der Waals surface area (Å²) in [5.41, 5.74) is 0.108. The van der Waals surface area contributed by atoms with Gasteiger partial charge in [-0.2, -0.15) is 0 Å². The Balaban J connectivity index is 2.04. The highest BCUT2D eigenvalue weighted by molar-refractivity contribution is 9.11. The van der Waals surface area contributed by atoms with E-state index in [0.29, 0.717) is 5.13 Å². The van der Waals surface area contributed by atoms with E-state index in [1.54, 1.807) is 6.20 Å². The number of anilines is 1. The van der Waals surface area contributed by atoms with Crippen molar-refractivity contribution in [1.29, 1.82) is 0 Å². The second-order valence-electron chi connectivity index (χ2n) is 5.25. The molecule has 17 heavy (non-hydrogen) atoms. The zero-order valence-electron chi connectivity index (χ0n) is 10.1. The van der Waals surface area contributed by atoms with Crippen LogP contribution in [0.15, 0.2) is 9.98 Å². The number of hydrogen-bond acceptors (Lipinski definition) is 3. The van der Waals surface area contributed by atoms with Crippen LogP contribution in [0.2, 0.25) is 0 Å². The van der Waals surface area contributed by atoms with E-state index in [0.717, 1.165) is 23.0 Å². The summed E-state index contributed by atoms with van der Waals surface area (Å²) in [7, 11) is 0. The molecule has 1 atom stereocenters. The lowest BCUT2D eigenvalue weighted by Gasteiger charge is -2.37. The van der Waals surface area contributed by atoms with Crippen molar-refractivity contribution in [1.82, 2.24) is 4.98 Å². The van der Waals surface area contributed by atoms with Gasteiger partial charge in [0.05, 0.1) is 9.98 Å². The van der Waals surface area contributed by atoms with Crippen molar-refractivity contribution >= 4 is 38.3 Å². The Kier molecular flexibility index (Phi) is 3.88. The van der Waals surface area contributed by atoms with Gasteiger partial charge >= 0.3 is 0 Å². The van der Waals surface area contributed by atoms with Gasteiger partial charge in [-0.25, -0.2) is 4.98 Å². The fourth-order valence-corrected chi connectivity index (χ4v) is 3.59. The minimum absolute atomic E-state index is 0.108. The average molecular weight is 317 g/mol. The Morgan fingerprint density at radius 3 is 2.94 bits per heavy atom. The summed E-state index contributed by atoms with van der Waals surface area (Å²) in [5.74, 6) is 0.232. The highest BCUT2D eigenvalue weighted by atomic mass is 79.9. The van der Waals surface area contributed by atoms with E-state index in [-0.39, 0.29) is 17.2 Å². The predicted molar refractivity (Wildman–Crippen MR) is 74.2 cm³/mol. The zero-order valence-corrected chi connectivity index (χ0v) is 12.5. The van der Waals surface area contributed by atoms with Crippen molar-refractivity contribution in [3.63, 3.8) is 0 Å². The molecule has 1 aliphatic rings. The van der Waals surface area contributed by atoms with Gasteiger partial charge < -0.3 is 5.32 Å². The van der Waals surface area contributed by atoms with Gasteiger partial charge in [-0.3, -0.25) is 4.79 Å². The van der Waals surface area contributed by atoms with Gasteiger partial charge in [-0.15, -0.1) is 0 Å². The molecule has 1 amide bonds. The van der Waals surface area contributed by atoms with Crippen LogP contribution in [0.1, 0.15) is 39.5 Å². The number of halogens is 1. The number of thiazole rings is 1. The lowest BCUT2D eigenvalue weighted by molar-refractivity contribution is -0.124. The summed E-state index contributed by atoms with van der Waals surface area (Å²) in [5, 5.41) is 3.61. The standard InChI is InChI=1S/C12H17BrN2OS/c1-12(2)6-4-3-5-8(12)10(16)15-11-14-7-9(13)17-11/h7-8H,3-6H2,1-2H3,(H,14,15,16). The first-order valence-corrected chi connectivity index (χ1v) is 7.52. The lowest BCUT2D eigenvalue weighted by atomic mass is 9.68. The van der Waals surface area contributed by atoms with E-state index in [2.05, 4.69) is 40.1 Å². The molecule has 1 unspecified atom stereocenters. The quantitative estimate of drug-likeness (QED) is 0.894. The molecule has 0 aromatic carbocycles. The zero-order chi connectivity index (χ0) is 12.5. The number of nitrogens with one attached hydrogen (secondary N) is 1. The second-order valence-corrected chi connectivity index (χ2v) is 7.66. The molecule has 0 radical (unpaired) electrons. The molecule has 1 aromatic heterocycles. The van der Waals surface area contributed by atoms with Gasteiger partial charge in [0, 0.05) is 5.92 Å². The molecule has 1 aliphatic carbocycles. The van der Waals surface area contributed by atoms with Gasteiger partial charge in [0.15, 0.2) is 5.13 Å². The number of carbonyl (C=O) groups is 1. The third kappa shape index (κ3) is 3.07. The molecule has 94 valence electrons. The molecule has 1 N–H and O–H groups in total. The molecule has 1 aromatic rings. The van der Waals surface area contributed by atoms with Crippen molar-refractivity contribution in [3.8, 4) is 0 Å². The number of rotatable bonds is 2. The topological polar surface area (TPSA) is 42.0 Å². The number of nitrogens with zero attached hydrogens (tertiary/aromatic N) is 1. The van der Waals surface area contributed by atoms with Gasteiger partial charge in [-0.05, 0) is 34.2 Å². The van der Waals surface area contributed by atoms with Crippen LogP contribution in [0.25, 0.3) is 0 Å². The summed E-state index contributed by atoms with van der Waals surface area (Å²) < 4.78 is 0.940. The smallest absolute Gasteiger partial charge is 0.229 e. The Bertz CT molecular complexity index is 416. The van der Waals surface area contributed by atoms with Crippen LogP contribution in [0.5, 0.6) is 0 Å². The van der Waals surface area contributed by atoms with Crippen molar-refractivity contribution in [2.75, 3.05) is 5.32 Å². The second kappa shape index (κ2) is 5.06. The minimum atomic E-state index is 0.108. The van der Waals surface area contributed by atoms with Crippen LogP contribution in [-0.4, -0.2) is 10.9 Å². The predicted octanol–water partition coefficient (Wildman–Crippen LogP) is 4.06. The maximum absolute atomic E-state index is 12.2. The SMILES string of the molecule is CC1(C)CCCCC1C(=O)Nc1ncc(Br)s1. The van der Waals surface area contributed by atoms with E-state index in [9.17, 15) is 4.79 Å². The summed E-state index contributed by atoms with van der Waals surface area (Å²) in [4.78, 5) is 16.4. The molecule has 1 heterocycles. The van der Waals surface area contributed by atoms with Crippen LogP contribution in [-0.2, 0) is 4.79 Å². The van der Waals surface area contributed by atoms with Crippen molar-refractivity contribution in [2.45, 2.75) is 39.5 Å². The summed E-state index contributed by atoms with van der Waals surface area (Å²) in [6.07, 6.45) is 6.23. The number of carbonyl (C=O) groups excluding carboxylic acids is 1. The molecule has 5 heteroatoms. The number of amides is 1. The van der Waals surface area contributed by atoms with E-state index >= 15 is 0 Å². The van der Waals surface area contributed by atoms with Gasteiger partial charge in [0.2, 0.25) is 5.91 Å². The highest BCUT2D eigenvalue weighted by Crippen LogP contribution is 2.41. The summed E-state index contributed by atoms with van der Waals surface area (Å²) in [6.45, 7) is 4.38. The molecular weight excluding hydrogens is 300 g/mol. The first-order chi connectivity index (χ1) is 7.99.